The highest BCUT2D eigenvalue weighted by atomic mass is 35.5. The fourth-order valence-corrected chi connectivity index (χ4v) is 4.26. The molecule has 6 heteroatoms. The Kier molecular flexibility index (Phi) is 6.65. The van der Waals surface area contributed by atoms with Gasteiger partial charge in [0.25, 0.3) is 0 Å². The standard InChI is InChI=1S/C20H32ClN5/c1-16-6-7-18(21)13-19(16)25-9-11-26(12-10-25)20(22-2)23-14-17-5-4-8-24(3)15-17/h6-7,13,17H,4-5,8-12,14-15H2,1-3H3,(H,22,23). The second-order valence-electron chi connectivity index (χ2n) is 7.60. The quantitative estimate of drug-likeness (QED) is 0.648. The van der Waals surface area contributed by atoms with Gasteiger partial charge in [-0.3, -0.25) is 4.99 Å². The molecule has 0 radical (unpaired) electrons. The van der Waals surface area contributed by atoms with Gasteiger partial charge in [0.1, 0.15) is 0 Å². The van der Waals surface area contributed by atoms with E-state index in [0.717, 1.165) is 49.6 Å². The molecule has 0 aromatic heterocycles. The predicted octanol–water partition coefficient (Wildman–Crippen LogP) is 2.69. The number of anilines is 1. The van der Waals surface area contributed by atoms with Crippen molar-refractivity contribution in [1.82, 2.24) is 15.1 Å². The number of hydrogen-bond acceptors (Lipinski definition) is 3. The smallest absolute Gasteiger partial charge is 0.193 e. The minimum Gasteiger partial charge on any atom is -0.368 e. The van der Waals surface area contributed by atoms with E-state index in [-0.39, 0.29) is 0 Å². The van der Waals surface area contributed by atoms with E-state index in [9.17, 15) is 0 Å². The molecule has 0 amide bonds. The van der Waals surface area contributed by atoms with Gasteiger partial charge >= 0.3 is 0 Å². The van der Waals surface area contributed by atoms with Crippen LogP contribution in [-0.2, 0) is 0 Å². The highest BCUT2D eigenvalue weighted by molar-refractivity contribution is 6.30. The molecule has 0 bridgehead atoms. The molecule has 1 atom stereocenters. The third-order valence-corrected chi connectivity index (χ3v) is 5.81. The lowest BCUT2D eigenvalue weighted by molar-refractivity contribution is 0.209. The minimum absolute atomic E-state index is 0.723. The van der Waals surface area contributed by atoms with Crippen LogP contribution in [0.4, 0.5) is 5.69 Å². The molecule has 5 nitrogen and oxygen atoms in total. The molecule has 2 aliphatic heterocycles. The molecule has 2 saturated heterocycles. The monoisotopic (exact) mass is 377 g/mol. The Balaban J connectivity index is 1.52. The van der Waals surface area contributed by atoms with Crippen molar-refractivity contribution in [3.63, 3.8) is 0 Å². The number of hydrogen-bond donors (Lipinski definition) is 1. The van der Waals surface area contributed by atoms with E-state index in [1.165, 1.54) is 37.2 Å². The Morgan fingerprint density at radius 2 is 2.00 bits per heavy atom. The topological polar surface area (TPSA) is 34.1 Å². The molecule has 0 spiro atoms. The maximum atomic E-state index is 6.19. The fourth-order valence-electron chi connectivity index (χ4n) is 4.09. The van der Waals surface area contributed by atoms with Crippen LogP contribution in [0.1, 0.15) is 18.4 Å². The zero-order valence-corrected chi connectivity index (χ0v) is 17.1. The second kappa shape index (κ2) is 8.96. The summed E-state index contributed by atoms with van der Waals surface area (Å²) in [5.74, 6) is 1.77. The number of aliphatic imine (C=N–C) groups is 1. The summed E-state index contributed by atoms with van der Waals surface area (Å²) in [6, 6.07) is 6.15. The highest BCUT2D eigenvalue weighted by Gasteiger charge is 2.22. The third-order valence-electron chi connectivity index (χ3n) is 5.57. The van der Waals surface area contributed by atoms with Gasteiger partial charge in [-0.2, -0.15) is 0 Å². The molecular formula is C20H32ClN5. The molecule has 26 heavy (non-hydrogen) atoms. The summed E-state index contributed by atoms with van der Waals surface area (Å²) in [5.41, 5.74) is 2.54. The van der Waals surface area contributed by atoms with E-state index in [4.69, 9.17) is 11.6 Å². The van der Waals surface area contributed by atoms with Crippen LogP contribution < -0.4 is 10.2 Å². The molecule has 2 heterocycles. The van der Waals surface area contributed by atoms with Crippen LogP contribution in [0.5, 0.6) is 0 Å². The minimum atomic E-state index is 0.723. The summed E-state index contributed by atoms with van der Waals surface area (Å²) in [7, 11) is 4.11. The lowest BCUT2D eigenvalue weighted by Gasteiger charge is -2.39. The average molecular weight is 378 g/mol. The lowest BCUT2D eigenvalue weighted by atomic mass is 9.98. The van der Waals surface area contributed by atoms with Crippen molar-refractivity contribution < 1.29 is 0 Å². The third kappa shape index (κ3) is 4.83. The molecule has 0 aliphatic carbocycles. The Labute approximate surface area is 163 Å². The van der Waals surface area contributed by atoms with Crippen LogP contribution >= 0.6 is 11.6 Å². The maximum absolute atomic E-state index is 6.19. The van der Waals surface area contributed by atoms with Crippen molar-refractivity contribution in [3.05, 3.63) is 28.8 Å². The van der Waals surface area contributed by atoms with Gasteiger partial charge in [0.2, 0.25) is 0 Å². The fraction of sp³-hybridized carbons (Fsp3) is 0.650. The van der Waals surface area contributed by atoms with Crippen molar-refractivity contribution in [2.75, 3.05) is 64.8 Å². The van der Waals surface area contributed by atoms with Crippen LogP contribution in [0.2, 0.25) is 5.02 Å². The number of rotatable bonds is 3. The summed E-state index contributed by atoms with van der Waals surface area (Å²) in [5, 5.41) is 4.42. The predicted molar refractivity (Wildman–Crippen MR) is 112 cm³/mol. The number of guanidine groups is 1. The van der Waals surface area contributed by atoms with Gasteiger partial charge in [0.15, 0.2) is 5.96 Å². The summed E-state index contributed by atoms with van der Waals surface area (Å²) in [6.07, 6.45) is 2.62. The molecule has 1 N–H and O–H groups in total. The van der Waals surface area contributed by atoms with Gasteiger partial charge in [0, 0.05) is 57.0 Å². The Morgan fingerprint density at radius 3 is 2.69 bits per heavy atom. The van der Waals surface area contributed by atoms with Crippen LogP contribution in [-0.4, -0.2) is 75.7 Å². The van der Waals surface area contributed by atoms with E-state index in [0.29, 0.717) is 0 Å². The average Bonchev–Trinajstić information content (AvgIpc) is 2.65. The van der Waals surface area contributed by atoms with Crippen molar-refractivity contribution in [3.8, 4) is 0 Å². The van der Waals surface area contributed by atoms with Crippen LogP contribution in [0, 0.1) is 12.8 Å². The number of nitrogens with one attached hydrogen (secondary N) is 1. The molecule has 1 aromatic rings. The van der Waals surface area contributed by atoms with Gasteiger partial charge in [-0.05, 0) is 57.0 Å². The molecule has 144 valence electrons. The number of likely N-dealkylation sites (tertiary alicyclic amines) is 1. The molecular weight excluding hydrogens is 346 g/mol. The number of piperazine rings is 1. The molecule has 2 fully saturated rings. The molecule has 0 saturated carbocycles. The maximum Gasteiger partial charge on any atom is 0.193 e. The van der Waals surface area contributed by atoms with Gasteiger partial charge in [-0.1, -0.05) is 17.7 Å². The van der Waals surface area contributed by atoms with Gasteiger partial charge in [-0.25, -0.2) is 0 Å². The van der Waals surface area contributed by atoms with E-state index < -0.39 is 0 Å². The van der Waals surface area contributed by atoms with Gasteiger partial charge in [-0.15, -0.1) is 0 Å². The summed E-state index contributed by atoms with van der Waals surface area (Å²) >= 11 is 6.19. The lowest BCUT2D eigenvalue weighted by Crippen LogP contribution is -2.53. The Bertz CT molecular complexity index is 625. The second-order valence-corrected chi connectivity index (χ2v) is 8.04. The molecule has 1 aromatic carbocycles. The van der Waals surface area contributed by atoms with E-state index in [2.05, 4.69) is 51.1 Å². The Morgan fingerprint density at radius 1 is 1.23 bits per heavy atom. The first-order valence-electron chi connectivity index (χ1n) is 9.72. The Hall–Kier alpha value is -1.46. The van der Waals surface area contributed by atoms with Crippen LogP contribution in [0.3, 0.4) is 0 Å². The van der Waals surface area contributed by atoms with Crippen molar-refractivity contribution in [2.45, 2.75) is 19.8 Å². The van der Waals surface area contributed by atoms with Crippen LogP contribution in [0.25, 0.3) is 0 Å². The number of nitrogens with zero attached hydrogens (tertiary/aromatic N) is 4. The van der Waals surface area contributed by atoms with Gasteiger partial charge in [0.05, 0.1) is 0 Å². The first kappa shape index (κ1) is 19.3. The zero-order chi connectivity index (χ0) is 18.5. The molecule has 1 unspecified atom stereocenters. The highest BCUT2D eigenvalue weighted by Crippen LogP contribution is 2.25. The number of halogens is 1. The van der Waals surface area contributed by atoms with E-state index in [1.807, 2.05) is 13.1 Å². The first-order valence-corrected chi connectivity index (χ1v) is 10.1. The SMILES string of the molecule is CN=C(NCC1CCCN(C)C1)N1CCN(c2cc(Cl)ccc2C)CC1. The van der Waals surface area contributed by atoms with Crippen LogP contribution in [0.15, 0.2) is 23.2 Å². The zero-order valence-electron chi connectivity index (χ0n) is 16.3. The van der Waals surface area contributed by atoms with Gasteiger partial charge < -0.3 is 20.0 Å². The molecule has 2 aliphatic rings. The van der Waals surface area contributed by atoms with Crippen molar-refractivity contribution in [1.29, 1.82) is 0 Å². The largest absolute Gasteiger partial charge is 0.368 e. The summed E-state index contributed by atoms with van der Waals surface area (Å²) in [4.78, 5) is 11.8. The summed E-state index contributed by atoms with van der Waals surface area (Å²) in [6.45, 7) is 9.54. The normalized spacial score (nSPS) is 22.6. The first-order chi connectivity index (χ1) is 12.6. The number of benzene rings is 1. The summed E-state index contributed by atoms with van der Waals surface area (Å²) < 4.78 is 0. The number of aryl methyl sites for hydroxylation is 1. The van der Waals surface area contributed by atoms with Crippen molar-refractivity contribution in [2.24, 2.45) is 10.9 Å². The number of piperidine rings is 1. The van der Waals surface area contributed by atoms with Crippen molar-refractivity contribution >= 4 is 23.2 Å². The molecule has 3 rings (SSSR count). The van der Waals surface area contributed by atoms with E-state index >= 15 is 0 Å². The van der Waals surface area contributed by atoms with E-state index in [1.54, 1.807) is 0 Å².